The van der Waals surface area contributed by atoms with Crippen LogP contribution >= 0.6 is 11.6 Å². The first kappa shape index (κ1) is 18.6. The van der Waals surface area contributed by atoms with Crippen LogP contribution in [0.15, 0.2) is 29.0 Å². The summed E-state index contributed by atoms with van der Waals surface area (Å²) in [6.45, 7) is -0.0169. The molecular formula is C13H10ClF3N8O2. The molecule has 4 N–H and O–H groups in total. The summed E-state index contributed by atoms with van der Waals surface area (Å²) in [6, 6.07) is 2.91. The molecule has 2 heterocycles. The van der Waals surface area contributed by atoms with E-state index in [9.17, 15) is 18.0 Å². The second-order valence-corrected chi connectivity index (χ2v) is 5.54. The molecule has 3 rings (SSSR count). The van der Waals surface area contributed by atoms with Crippen LogP contribution in [0.2, 0.25) is 5.02 Å². The Labute approximate surface area is 153 Å². The third-order valence-electron chi connectivity index (χ3n) is 3.30. The van der Waals surface area contributed by atoms with Gasteiger partial charge in [-0.25, -0.2) is 10.1 Å². The molecule has 10 nitrogen and oxygen atoms in total. The van der Waals surface area contributed by atoms with Crippen LogP contribution in [0.3, 0.4) is 0 Å². The Balaban J connectivity index is 1.59. The van der Waals surface area contributed by atoms with Crippen molar-refractivity contribution in [2.45, 2.75) is 12.7 Å². The Morgan fingerprint density at radius 3 is 2.74 bits per heavy atom. The quantitative estimate of drug-likeness (QED) is 0.544. The topological polar surface area (TPSA) is 137 Å². The van der Waals surface area contributed by atoms with E-state index in [0.29, 0.717) is 5.56 Å². The molecule has 0 aliphatic rings. The number of rotatable bonds is 5. The van der Waals surface area contributed by atoms with Crippen LogP contribution < -0.4 is 16.6 Å². The van der Waals surface area contributed by atoms with Gasteiger partial charge in [-0.15, -0.1) is 5.10 Å². The molecule has 0 unspecified atom stereocenters. The van der Waals surface area contributed by atoms with E-state index < -0.39 is 17.6 Å². The Bertz CT molecular complexity index is 971. The van der Waals surface area contributed by atoms with E-state index in [1.165, 1.54) is 12.3 Å². The van der Waals surface area contributed by atoms with Crippen LogP contribution in [0.1, 0.15) is 21.6 Å². The maximum Gasteiger partial charge on any atom is 0.416 e. The molecule has 27 heavy (non-hydrogen) atoms. The van der Waals surface area contributed by atoms with Crippen LogP contribution in [0, 0.1) is 0 Å². The number of nitrogens with two attached hydrogens (primary N) is 1. The lowest BCUT2D eigenvalue weighted by Crippen LogP contribution is -2.37. The molecule has 14 heteroatoms. The zero-order valence-corrected chi connectivity index (χ0v) is 13.9. The summed E-state index contributed by atoms with van der Waals surface area (Å²) in [7, 11) is 0. The van der Waals surface area contributed by atoms with Gasteiger partial charge in [-0.3, -0.25) is 10.2 Å². The fourth-order valence-corrected chi connectivity index (χ4v) is 2.22. The maximum atomic E-state index is 12.6. The van der Waals surface area contributed by atoms with E-state index >= 15 is 0 Å². The number of alkyl halides is 3. The Morgan fingerprint density at radius 2 is 2.11 bits per heavy atom. The molecule has 0 radical (unpaired) electrons. The largest absolute Gasteiger partial charge is 0.416 e. The first-order chi connectivity index (χ1) is 12.8. The predicted octanol–water partition coefficient (Wildman–Crippen LogP) is 1.34. The van der Waals surface area contributed by atoms with E-state index in [1.54, 1.807) is 0 Å². The van der Waals surface area contributed by atoms with E-state index in [1.807, 2.05) is 0 Å². The van der Waals surface area contributed by atoms with Gasteiger partial charge in [-0.1, -0.05) is 22.9 Å². The molecule has 0 aliphatic heterocycles. The van der Waals surface area contributed by atoms with Gasteiger partial charge in [0.1, 0.15) is 0 Å². The number of carbonyl (C=O) groups excluding carboxylic acids is 1. The average molecular weight is 403 g/mol. The molecule has 1 aromatic carbocycles. The molecule has 0 fully saturated rings. The number of halogens is 4. The molecule has 2 aromatic heterocycles. The molecule has 3 aromatic rings. The minimum atomic E-state index is -4.49. The molecular weight excluding hydrogens is 393 g/mol. The molecule has 142 valence electrons. The lowest BCUT2D eigenvalue weighted by Gasteiger charge is -2.11. The van der Waals surface area contributed by atoms with Crippen molar-refractivity contribution in [1.29, 1.82) is 0 Å². The van der Waals surface area contributed by atoms with Crippen molar-refractivity contribution >= 4 is 23.3 Å². The van der Waals surface area contributed by atoms with Crippen molar-refractivity contribution in [3.63, 3.8) is 0 Å². The second kappa shape index (κ2) is 7.20. The fraction of sp³-hybridized carbons (Fsp3) is 0.154. The summed E-state index contributed by atoms with van der Waals surface area (Å²) in [5, 5.41) is 14.1. The van der Waals surface area contributed by atoms with Gasteiger partial charge in [0.15, 0.2) is 5.69 Å². The number of nitrogens with zero attached hydrogens (tertiary/aromatic N) is 5. The highest BCUT2D eigenvalue weighted by Gasteiger charge is 2.30. The summed E-state index contributed by atoms with van der Waals surface area (Å²) < 4.78 is 43.3. The number of hydrazine groups is 1. The highest BCUT2D eigenvalue weighted by Crippen LogP contribution is 2.31. The van der Waals surface area contributed by atoms with Crippen LogP contribution in [-0.4, -0.2) is 31.2 Å². The molecule has 1 amide bonds. The lowest BCUT2D eigenvalue weighted by molar-refractivity contribution is -0.137. The average Bonchev–Trinajstić information content (AvgIpc) is 3.23. The van der Waals surface area contributed by atoms with E-state index in [4.69, 9.17) is 17.3 Å². The van der Waals surface area contributed by atoms with Gasteiger partial charge >= 0.3 is 6.18 Å². The summed E-state index contributed by atoms with van der Waals surface area (Å²) in [5.41, 5.74) is 9.77. The fourth-order valence-electron chi connectivity index (χ4n) is 1.97. The maximum absolute atomic E-state index is 12.6. The molecule has 0 spiro atoms. The van der Waals surface area contributed by atoms with Crippen LogP contribution in [-0.2, 0) is 12.7 Å². The van der Waals surface area contributed by atoms with E-state index in [2.05, 4.69) is 36.1 Å². The molecule has 0 atom stereocenters. The lowest BCUT2D eigenvalue weighted by atomic mass is 10.1. The zero-order valence-electron chi connectivity index (χ0n) is 13.2. The summed E-state index contributed by atoms with van der Waals surface area (Å²) >= 11 is 5.83. The summed E-state index contributed by atoms with van der Waals surface area (Å²) in [5.74, 6) is -0.632. The van der Waals surface area contributed by atoms with Gasteiger partial charge in [0.05, 0.1) is 11.8 Å². The van der Waals surface area contributed by atoms with Gasteiger partial charge in [0.2, 0.25) is 11.6 Å². The monoisotopic (exact) mass is 402 g/mol. The molecule has 0 saturated carbocycles. The number of nitrogen functional groups attached to an aromatic ring is 1. The van der Waals surface area contributed by atoms with Crippen molar-refractivity contribution in [3.05, 3.63) is 46.2 Å². The number of carbonyl (C=O) groups is 1. The SMILES string of the molecule is Nc1nonc1-n1cc(C(=O)NNCc2ccc(C(F)(F)F)cc2Cl)nn1. The van der Waals surface area contributed by atoms with Crippen LogP contribution in [0.25, 0.3) is 5.82 Å². The first-order valence-electron chi connectivity index (χ1n) is 7.15. The number of amides is 1. The minimum absolute atomic E-state index is 0.0169. The number of anilines is 1. The number of hydrogen-bond acceptors (Lipinski definition) is 8. The molecule has 0 bridgehead atoms. The highest BCUT2D eigenvalue weighted by molar-refractivity contribution is 6.31. The summed E-state index contributed by atoms with van der Waals surface area (Å²) in [4.78, 5) is 12.0. The number of hydrogen-bond donors (Lipinski definition) is 3. The molecule has 0 saturated heterocycles. The van der Waals surface area contributed by atoms with E-state index in [0.717, 1.165) is 16.8 Å². The number of benzene rings is 1. The van der Waals surface area contributed by atoms with Crippen molar-refractivity contribution in [2.75, 3.05) is 5.73 Å². The second-order valence-electron chi connectivity index (χ2n) is 5.13. The van der Waals surface area contributed by atoms with Crippen molar-refractivity contribution < 1.29 is 22.6 Å². The van der Waals surface area contributed by atoms with Gasteiger partial charge in [-0.2, -0.15) is 17.9 Å². The normalized spacial score (nSPS) is 11.6. The van der Waals surface area contributed by atoms with Gasteiger partial charge in [-0.05, 0) is 28.0 Å². The van der Waals surface area contributed by atoms with E-state index in [-0.39, 0.29) is 28.9 Å². The van der Waals surface area contributed by atoms with Crippen molar-refractivity contribution in [2.24, 2.45) is 0 Å². The van der Waals surface area contributed by atoms with Gasteiger partial charge in [0.25, 0.3) is 5.91 Å². The predicted molar refractivity (Wildman–Crippen MR) is 84.4 cm³/mol. The third-order valence-corrected chi connectivity index (χ3v) is 3.65. The first-order valence-corrected chi connectivity index (χ1v) is 7.53. The van der Waals surface area contributed by atoms with Crippen LogP contribution in [0.5, 0.6) is 0 Å². The zero-order chi connectivity index (χ0) is 19.6. The van der Waals surface area contributed by atoms with Gasteiger partial charge < -0.3 is 5.73 Å². The Morgan fingerprint density at radius 1 is 1.33 bits per heavy atom. The smallest absolute Gasteiger partial charge is 0.378 e. The van der Waals surface area contributed by atoms with Crippen LogP contribution in [0.4, 0.5) is 19.0 Å². The summed E-state index contributed by atoms with van der Waals surface area (Å²) in [6.07, 6.45) is -3.25. The Kier molecular flexibility index (Phi) is 4.96. The van der Waals surface area contributed by atoms with Gasteiger partial charge in [0, 0.05) is 11.6 Å². The number of nitrogens with one attached hydrogen (secondary N) is 2. The van der Waals surface area contributed by atoms with Crippen molar-refractivity contribution in [1.82, 2.24) is 36.2 Å². The van der Waals surface area contributed by atoms with Crippen molar-refractivity contribution in [3.8, 4) is 5.82 Å². The minimum Gasteiger partial charge on any atom is -0.378 e. The Hall–Kier alpha value is -3.19. The third kappa shape index (κ3) is 4.15. The molecule has 0 aliphatic carbocycles. The standard InChI is InChI=1S/C13H10ClF3N8O2/c14-8-3-7(13(15,16)17)2-1-6(8)4-19-21-12(26)9-5-25(24-20-9)11-10(18)22-27-23-11/h1-3,5,19H,4H2,(H2,18,22)(H,21,26). The highest BCUT2D eigenvalue weighted by atomic mass is 35.5. The number of aromatic nitrogens is 5.